The van der Waals surface area contributed by atoms with Crippen molar-refractivity contribution in [3.05, 3.63) is 89.0 Å². The summed E-state index contributed by atoms with van der Waals surface area (Å²) < 4.78 is 0. The van der Waals surface area contributed by atoms with Gasteiger partial charge in [0.05, 0.1) is 4.92 Å². The lowest BCUT2D eigenvalue weighted by molar-refractivity contribution is -0.384. The lowest BCUT2D eigenvalue weighted by Gasteiger charge is -2.11. The lowest BCUT2D eigenvalue weighted by atomic mass is 10.0. The van der Waals surface area contributed by atoms with Crippen LogP contribution in [0.2, 0.25) is 0 Å². The quantitative estimate of drug-likeness (QED) is 0.391. The number of para-hydroxylation sites is 1. The van der Waals surface area contributed by atoms with Crippen molar-refractivity contribution in [2.24, 2.45) is 0 Å². The standard InChI is InChI=1S/C21H16N6O3/c28-20(22-19-9-5-4-8-18(19)15-6-2-1-3-7-15)14-26-24-21(23-25-26)16-10-12-17(13-11-16)27(29)30/h1-13H,14H2,(H,22,28). The van der Waals surface area contributed by atoms with Gasteiger partial charge >= 0.3 is 0 Å². The summed E-state index contributed by atoms with van der Waals surface area (Å²) in [6.07, 6.45) is 0. The molecule has 148 valence electrons. The predicted octanol–water partition coefficient (Wildman–Crippen LogP) is 3.55. The molecule has 9 nitrogen and oxygen atoms in total. The van der Waals surface area contributed by atoms with Crippen molar-refractivity contribution in [2.45, 2.75) is 6.54 Å². The van der Waals surface area contributed by atoms with Gasteiger partial charge in [-0.3, -0.25) is 14.9 Å². The van der Waals surface area contributed by atoms with Crippen molar-refractivity contribution < 1.29 is 9.72 Å². The average molecular weight is 400 g/mol. The molecule has 0 unspecified atom stereocenters. The summed E-state index contributed by atoms with van der Waals surface area (Å²) in [6.45, 7) is -0.122. The SMILES string of the molecule is O=C(Cn1nnc(-c2ccc([N+](=O)[O-])cc2)n1)Nc1ccccc1-c1ccccc1. The molecule has 1 N–H and O–H groups in total. The van der Waals surface area contributed by atoms with Crippen molar-refractivity contribution >= 4 is 17.3 Å². The monoisotopic (exact) mass is 400 g/mol. The van der Waals surface area contributed by atoms with Crippen LogP contribution in [0.4, 0.5) is 11.4 Å². The third kappa shape index (κ3) is 4.20. The van der Waals surface area contributed by atoms with Crippen LogP contribution in [0.5, 0.6) is 0 Å². The number of carbonyl (C=O) groups is 1. The molecular formula is C21H16N6O3. The van der Waals surface area contributed by atoms with Crippen molar-refractivity contribution in [1.29, 1.82) is 0 Å². The van der Waals surface area contributed by atoms with Gasteiger partial charge in [0.1, 0.15) is 6.54 Å². The van der Waals surface area contributed by atoms with Crippen LogP contribution in [0.1, 0.15) is 0 Å². The molecule has 3 aromatic carbocycles. The first-order valence-electron chi connectivity index (χ1n) is 9.07. The largest absolute Gasteiger partial charge is 0.324 e. The van der Waals surface area contributed by atoms with Gasteiger partial charge in [-0.2, -0.15) is 4.80 Å². The predicted molar refractivity (Wildman–Crippen MR) is 110 cm³/mol. The molecule has 30 heavy (non-hydrogen) atoms. The summed E-state index contributed by atoms with van der Waals surface area (Å²) in [4.78, 5) is 24.0. The Morgan fingerprint density at radius 3 is 2.37 bits per heavy atom. The number of nitro groups is 1. The highest BCUT2D eigenvalue weighted by atomic mass is 16.6. The number of nitro benzene ring substituents is 1. The van der Waals surface area contributed by atoms with Gasteiger partial charge in [-0.15, -0.1) is 10.2 Å². The molecule has 0 bridgehead atoms. The number of rotatable bonds is 6. The number of amides is 1. The van der Waals surface area contributed by atoms with Crippen LogP contribution in [-0.4, -0.2) is 31.0 Å². The van der Waals surface area contributed by atoms with E-state index in [-0.39, 0.29) is 24.0 Å². The molecule has 0 aliphatic heterocycles. The molecule has 4 aromatic rings. The molecular weight excluding hydrogens is 384 g/mol. The van der Waals surface area contributed by atoms with E-state index in [0.29, 0.717) is 11.3 Å². The molecule has 0 spiro atoms. The van der Waals surface area contributed by atoms with E-state index in [0.717, 1.165) is 11.1 Å². The molecule has 0 atom stereocenters. The van der Waals surface area contributed by atoms with Gasteiger partial charge in [-0.25, -0.2) is 0 Å². The Labute approximate surface area is 171 Å². The van der Waals surface area contributed by atoms with Crippen molar-refractivity contribution in [3.8, 4) is 22.5 Å². The summed E-state index contributed by atoms with van der Waals surface area (Å²) >= 11 is 0. The van der Waals surface area contributed by atoms with E-state index in [9.17, 15) is 14.9 Å². The number of nitrogens with one attached hydrogen (secondary N) is 1. The first-order valence-corrected chi connectivity index (χ1v) is 9.07. The number of hydrogen-bond donors (Lipinski definition) is 1. The number of nitrogens with zero attached hydrogens (tertiary/aromatic N) is 5. The highest BCUT2D eigenvalue weighted by Gasteiger charge is 2.13. The fourth-order valence-corrected chi connectivity index (χ4v) is 2.94. The van der Waals surface area contributed by atoms with E-state index in [4.69, 9.17) is 0 Å². The molecule has 0 aliphatic rings. The van der Waals surface area contributed by atoms with E-state index < -0.39 is 4.92 Å². The van der Waals surface area contributed by atoms with Crippen LogP contribution in [0, 0.1) is 10.1 Å². The molecule has 1 heterocycles. The minimum absolute atomic E-state index is 0.0254. The fourth-order valence-electron chi connectivity index (χ4n) is 2.94. The Balaban J connectivity index is 1.47. The van der Waals surface area contributed by atoms with Gasteiger partial charge in [0, 0.05) is 28.9 Å². The zero-order valence-electron chi connectivity index (χ0n) is 15.7. The van der Waals surface area contributed by atoms with Crippen molar-refractivity contribution in [1.82, 2.24) is 20.2 Å². The number of non-ortho nitro benzene ring substituents is 1. The molecule has 1 aromatic heterocycles. The second kappa shape index (κ2) is 8.31. The highest BCUT2D eigenvalue weighted by Crippen LogP contribution is 2.27. The molecule has 4 rings (SSSR count). The van der Waals surface area contributed by atoms with Crippen molar-refractivity contribution in [3.63, 3.8) is 0 Å². The van der Waals surface area contributed by atoms with Gasteiger partial charge in [0.15, 0.2) is 0 Å². The number of benzene rings is 3. The first-order chi connectivity index (χ1) is 14.6. The minimum Gasteiger partial charge on any atom is -0.324 e. The zero-order valence-corrected chi connectivity index (χ0v) is 15.7. The van der Waals surface area contributed by atoms with E-state index in [1.165, 1.54) is 29.1 Å². The number of carbonyl (C=O) groups excluding carboxylic acids is 1. The Morgan fingerprint density at radius 1 is 0.933 bits per heavy atom. The fraction of sp³-hybridized carbons (Fsp3) is 0.0476. The minimum atomic E-state index is -0.480. The highest BCUT2D eigenvalue weighted by molar-refractivity contribution is 5.95. The van der Waals surface area contributed by atoms with Crippen LogP contribution in [0.15, 0.2) is 78.9 Å². The normalized spacial score (nSPS) is 10.5. The zero-order chi connectivity index (χ0) is 20.9. The van der Waals surface area contributed by atoms with E-state index in [1.54, 1.807) is 0 Å². The van der Waals surface area contributed by atoms with E-state index in [2.05, 4.69) is 20.7 Å². The Morgan fingerprint density at radius 2 is 1.63 bits per heavy atom. The molecule has 0 fully saturated rings. The summed E-state index contributed by atoms with van der Waals surface area (Å²) in [6, 6.07) is 23.1. The number of anilines is 1. The summed E-state index contributed by atoms with van der Waals surface area (Å²) in [5, 5.41) is 25.6. The van der Waals surface area contributed by atoms with Crippen LogP contribution in [0.25, 0.3) is 22.5 Å². The smallest absolute Gasteiger partial charge is 0.269 e. The summed E-state index contributed by atoms with van der Waals surface area (Å²) in [7, 11) is 0. The summed E-state index contributed by atoms with van der Waals surface area (Å²) in [5.74, 6) is -0.0200. The number of aromatic nitrogens is 4. The summed E-state index contributed by atoms with van der Waals surface area (Å²) in [5.41, 5.74) is 3.13. The molecule has 0 saturated heterocycles. The lowest BCUT2D eigenvalue weighted by Crippen LogP contribution is -2.20. The van der Waals surface area contributed by atoms with Gasteiger partial charge in [-0.1, -0.05) is 48.5 Å². The maximum atomic E-state index is 12.5. The first kappa shape index (κ1) is 18.9. The van der Waals surface area contributed by atoms with Crippen LogP contribution in [0.3, 0.4) is 0 Å². The molecule has 0 aliphatic carbocycles. The van der Waals surface area contributed by atoms with E-state index >= 15 is 0 Å². The maximum absolute atomic E-state index is 12.5. The van der Waals surface area contributed by atoms with Gasteiger partial charge < -0.3 is 5.32 Å². The van der Waals surface area contributed by atoms with Crippen molar-refractivity contribution in [2.75, 3.05) is 5.32 Å². The molecule has 0 radical (unpaired) electrons. The van der Waals surface area contributed by atoms with Gasteiger partial charge in [0.25, 0.3) is 5.69 Å². The maximum Gasteiger partial charge on any atom is 0.269 e. The third-order valence-corrected chi connectivity index (χ3v) is 4.36. The van der Waals surface area contributed by atoms with Crippen LogP contribution >= 0.6 is 0 Å². The Kier molecular flexibility index (Phi) is 5.25. The molecule has 1 amide bonds. The molecule has 9 heteroatoms. The van der Waals surface area contributed by atoms with Gasteiger partial charge in [0.2, 0.25) is 11.7 Å². The second-order valence-corrected chi connectivity index (χ2v) is 6.41. The van der Waals surface area contributed by atoms with Crippen LogP contribution < -0.4 is 5.32 Å². The van der Waals surface area contributed by atoms with E-state index in [1.807, 2.05) is 54.6 Å². The average Bonchev–Trinajstić information content (AvgIpc) is 3.23. The molecule has 0 saturated carbocycles. The number of hydrogen-bond acceptors (Lipinski definition) is 6. The van der Waals surface area contributed by atoms with Crippen LogP contribution in [-0.2, 0) is 11.3 Å². The Hall–Kier alpha value is -4.40. The number of tetrazole rings is 1. The third-order valence-electron chi connectivity index (χ3n) is 4.36. The second-order valence-electron chi connectivity index (χ2n) is 6.41. The Bertz CT molecular complexity index is 1190. The van der Waals surface area contributed by atoms with Gasteiger partial charge in [-0.05, 0) is 29.0 Å². The topological polar surface area (TPSA) is 116 Å².